The van der Waals surface area contributed by atoms with Crippen LogP contribution in [0.1, 0.15) is 6.92 Å². The Bertz CT molecular complexity index is 425. The molecule has 1 aromatic rings. The highest BCUT2D eigenvalue weighted by atomic mass is 16.5. The van der Waals surface area contributed by atoms with E-state index in [1.54, 1.807) is 14.2 Å². The second-order valence-electron chi connectivity index (χ2n) is 4.89. The number of aliphatic hydroxyl groups is 1. The molecule has 0 saturated carbocycles. The molecule has 1 fully saturated rings. The summed E-state index contributed by atoms with van der Waals surface area (Å²) in [5, 5.41) is 12.7. The molecule has 5 heteroatoms. The summed E-state index contributed by atoms with van der Waals surface area (Å²) < 4.78 is 10.6. The van der Waals surface area contributed by atoms with Gasteiger partial charge in [-0.1, -0.05) is 0 Å². The van der Waals surface area contributed by atoms with Gasteiger partial charge in [-0.25, -0.2) is 0 Å². The molecule has 0 radical (unpaired) electrons. The third-order valence-electron chi connectivity index (χ3n) is 3.41. The van der Waals surface area contributed by atoms with Crippen molar-refractivity contribution in [3.05, 3.63) is 18.2 Å². The fraction of sp³-hybridized carbons (Fsp3) is 0.571. The van der Waals surface area contributed by atoms with Crippen LogP contribution in [-0.4, -0.2) is 51.1 Å². The van der Waals surface area contributed by atoms with Crippen molar-refractivity contribution < 1.29 is 14.6 Å². The van der Waals surface area contributed by atoms with Crippen LogP contribution in [0.5, 0.6) is 11.5 Å². The zero-order valence-corrected chi connectivity index (χ0v) is 11.7. The van der Waals surface area contributed by atoms with E-state index in [9.17, 15) is 5.11 Å². The Labute approximate surface area is 114 Å². The Hall–Kier alpha value is -1.46. The van der Waals surface area contributed by atoms with Crippen LogP contribution in [0.25, 0.3) is 0 Å². The Morgan fingerprint density at radius 1 is 1.26 bits per heavy atom. The van der Waals surface area contributed by atoms with E-state index in [4.69, 9.17) is 9.47 Å². The summed E-state index contributed by atoms with van der Waals surface area (Å²) in [6.45, 7) is 3.96. The van der Waals surface area contributed by atoms with Crippen molar-refractivity contribution in [3.8, 4) is 11.5 Å². The molecule has 2 unspecified atom stereocenters. The molecule has 2 N–H and O–H groups in total. The molecule has 1 saturated heterocycles. The zero-order chi connectivity index (χ0) is 13.8. The van der Waals surface area contributed by atoms with Gasteiger partial charge in [0.05, 0.1) is 20.8 Å². The summed E-state index contributed by atoms with van der Waals surface area (Å²) in [5.41, 5.74) is 1.09. The van der Waals surface area contributed by atoms with Crippen LogP contribution in [0, 0.1) is 0 Å². The molecule has 0 amide bonds. The first-order chi connectivity index (χ1) is 9.17. The first-order valence-corrected chi connectivity index (χ1v) is 6.51. The van der Waals surface area contributed by atoms with E-state index in [0.717, 1.165) is 30.3 Å². The molecule has 1 heterocycles. The van der Waals surface area contributed by atoms with E-state index < -0.39 is 0 Å². The van der Waals surface area contributed by atoms with Gasteiger partial charge in [-0.3, -0.25) is 0 Å². The topological polar surface area (TPSA) is 54.0 Å². The van der Waals surface area contributed by atoms with Crippen LogP contribution in [0.4, 0.5) is 5.69 Å². The highest BCUT2D eigenvalue weighted by molar-refractivity contribution is 5.57. The molecule has 0 aliphatic carbocycles. The lowest BCUT2D eigenvalue weighted by Crippen LogP contribution is -2.56. The van der Waals surface area contributed by atoms with Gasteiger partial charge in [0.2, 0.25) is 0 Å². The van der Waals surface area contributed by atoms with E-state index in [1.165, 1.54) is 0 Å². The summed E-state index contributed by atoms with van der Waals surface area (Å²) in [4.78, 5) is 2.25. The van der Waals surface area contributed by atoms with E-state index >= 15 is 0 Å². The summed E-state index contributed by atoms with van der Waals surface area (Å²) in [6, 6.07) is 6.37. The third-order valence-corrected chi connectivity index (χ3v) is 3.41. The average Bonchev–Trinajstić information content (AvgIpc) is 2.45. The van der Waals surface area contributed by atoms with Crippen molar-refractivity contribution in [3.63, 3.8) is 0 Å². The molecule has 1 aliphatic heterocycles. The maximum absolute atomic E-state index is 9.32. The molecule has 5 nitrogen and oxygen atoms in total. The summed E-state index contributed by atoms with van der Waals surface area (Å²) in [5.74, 6) is 1.46. The van der Waals surface area contributed by atoms with Gasteiger partial charge in [-0.2, -0.15) is 0 Å². The lowest BCUT2D eigenvalue weighted by molar-refractivity contribution is 0.221. The van der Waals surface area contributed by atoms with Gasteiger partial charge in [0, 0.05) is 36.9 Å². The predicted octanol–water partition coefficient (Wildman–Crippen LogP) is 0.863. The van der Waals surface area contributed by atoms with Crippen LogP contribution < -0.4 is 19.7 Å². The highest BCUT2D eigenvalue weighted by Crippen LogP contribution is 2.32. The van der Waals surface area contributed by atoms with Crippen molar-refractivity contribution in [1.82, 2.24) is 5.32 Å². The van der Waals surface area contributed by atoms with Crippen LogP contribution >= 0.6 is 0 Å². The number of ether oxygens (including phenoxy) is 2. The molecule has 2 rings (SSSR count). The Morgan fingerprint density at radius 2 is 2.00 bits per heavy atom. The van der Waals surface area contributed by atoms with E-state index in [2.05, 4.69) is 17.1 Å². The van der Waals surface area contributed by atoms with Crippen LogP contribution in [0.3, 0.4) is 0 Å². The molecule has 0 bridgehead atoms. The highest BCUT2D eigenvalue weighted by Gasteiger charge is 2.24. The Balaban J connectivity index is 2.21. The largest absolute Gasteiger partial charge is 0.493 e. The molecule has 2 atom stereocenters. The molecule has 19 heavy (non-hydrogen) atoms. The number of nitrogens with zero attached hydrogens (tertiary/aromatic N) is 1. The number of rotatable bonds is 4. The minimum Gasteiger partial charge on any atom is -0.493 e. The summed E-state index contributed by atoms with van der Waals surface area (Å²) in [7, 11) is 3.27. The van der Waals surface area contributed by atoms with Crippen molar-refractivity contribution in [2.75, 3.05) is 38.8 Å². The minimum absolute atomic E-state index is 0.108. The van der Waals surface area contributed by atoms with Crippen molar-refractivity contribution in [1.29, 1.82) is 0 Å². The number of methoxy groups -OCH3 is 2. The lowest BCUT2D eigenvalue weighted by atomic mass is 10.1. The first-order valence-electron chi connectivity index (χ1n) is 6.51. The number of anilines is 1. The average molecular weight is 266 g/mol. The molecule has 0 spiro atoms. The number of aliphatic hydroxyl groups excluding tert-OH is 1. The number of hydrogen-bond acceptors (Lipinski definition) is 5. The van der Waals surface area contributed by atoms with Crippen molar-refractivity contribution in [2.24, 2.45) is 0 Å². The lowest BCUT2D eigenvalue weighted by Gasteiger charge is -2.38. The van der Waals surface area contributed by atoms with Gasteiger partial charge in [-0.15, -0.1) is 0 Å². The maximum atomic E-state index is 9.32. The zero-order valence-electron chi connectivity index (χ0n) is 11.7. The Morgan fingerprint density at radius 3 is 2.63 bits per heavy atom. The van der Waals surface area contributed by atoms with Gasteiger partial charge in [-0.05, 0) is 19.1 Å². The second-order valence-corrected chi connectivity index (χ2v) is 4.89. The summed E-state index contributed by atoms with van der Waals surface area (Å²) >= 11 is 0. The van der Waals surface area contributed by atoms with Gasteiger partial charge >= 0.3 is 0 Å². The number of nitrogens with one attached hydrogen (secondary N) is 1. The number of piperazine rings is 1. The standard InChI is InChI=1S/C14H22N2O3/c1-10-7-16(8-11(9-17)15-10)12-4-5-13(18-2)14(6-12)19-3/h4-6,10-11,15,17H,7-9H2,1-3H3. The molecular formula is C14H22N2O3. The first kappa shape index (κ1) is 14.0. The van der Waals surface area contributed by atoms with E-state index in [0.29, 0.717) is 6.04 Å². The minimum atomic E-state index is 0.108. The fourth-order valence-corrected chi connectivity index (χ4v) is 2.52. The molecule has 106 valence electrons. The van der Waals surface area contributed by atoms with Gasteiger partial charge in [0.15, 0.2) is 11.5 Å². The van der Waals surface area contributed by atoms with Crippen molar-refractivity contribution in [2.45, 2.75) is 19.0 Å². The van der Waals surface area contributed by atoms with Crippen molar-refractivity contribution >= 4 is 5.69 Å². The molecule has 0 aromatic heterocycles. The fourth-order valence-electron chi connectivity index (χ4n) is 2.52. The predicted molar refractivity (Wildman–Crippen MR) is 75.2 cm³/mol. The molecular weight excluding hydrogens is 244 g/mol. The molecule has 1 aromatic carbocycles. The SMILES string of the molecule is COc1ccc(N2CC(C)NC(CO)C2)cc1OC. The monoisotopic (exact) mass is 266 g/mol. The molecule has 1 aliphatic rings. The van der Waals surface area contributed by atoms with Crippen LogP contribution in [0.15, 0.2) is 18.2 Å². The van der Waals surface area contributed by atoms with Crippen LogP contribution in [-0.2, 0) is 0 Å². The number of hydrogen-bond donors (Lipinski definition) is 2. The van der Waals surface area contributed by atoms with Gasteiger partial charge in [0.25, 0.3) is 0 Å². The van der Waals surface area contributed by atoms with Crippen LogP contribution in [0.2, 0.25) is 0 Å². The third kappa shape index (κ3) is 3.11. The van der Waals surface area contributed by atoms with E-state index in [-0.39, 0.29) is 12.6 Å². The smallest absolute Gasteiger partial charge is 0.162 e. The second kappa shape index (κ2) is 6.12. The summed E-state index contributed by atoms with van der Waals surface area (Å²) in [6.07, 6.45) is 0. The van der Waals surface area contributed by atoms with Gasteiger partial charge in [0.1, 0.15) is 0 Å². The normalized spacial score (nSPS) is 23.3. The quantitative estimate of drug-likeness (QED) is 0.846. The van der Waals surface area contributed by atoms with E-state index in [1.807, 2.05) is 18.2 Å². The maximum Gasteiger partial charge on any atom is 0.162 e. The number of benzene rings is 1. The van der Waals surface area contributed by atoms with Gasteiger partial charge < -0.3 is 24.8 Å². The Kier molecular flexibility index (Phi) is 4.50.